The van der Waals surface area contributed by atoms with E-state index < -0.39 is 0 Å². The van der Waals surface area contributed by atoms with Gasteiger partial charge >= 0.3 is 0 Å². The van der Waals surface area contributed by atoms with Gasteiger partial charge in [-0.25, -0.2) is 0 Å². The molecule has 2 heterocycles. The Morgan fingerprint density at radius 2 is 1.70 bits per heavy atom. The Labute approximate surface area is 154 Å². The average molecular weight is 358 g/mol. The highest BCUT2D eigenvalue weighted by Crippen LogP contribution is 2.26. The number of hydrogen-bond acceptors (Lipinski definition) is 6. The monoisotopic (exact) mass is 358 g/mol. The van der Waals surface area contributed by atoms with Crippen LogP contribution in [0.1, 0.15) is 10.4 Å². The zero-order valence-electron chi connectivity index (χ0n) is 14.0. The van der Waals surface area contributed by atoms with Gasteiger partial charge in [-0.2, -0.15) is 0 Å². The van der Waals surface area contributed by atoms with E-state index in [4.69, 9.17) is 4.42 Å². The molecule has 0 unspecified atom stereocenters. The fourth-order valence-corrected chi connectivity index (χ4v) is 2.49. The molecule has 0 saturated heterocycles. The second-order valence-corrected chi connectivity index (χ2v) is 5.74. The first kappa shape index (κ1) is 16.5. The Morgan fingerprint density at radius 3 is 2.41 bits per heavy atom. The van der Waals surface area contributed by atoms with Gasteiger partial charge in [-0.05, 0) is 54.6 Å². The number of hydrogen-bond donors (Lipinski definition) is 2. The molecule has 2 aromatic heterocycles. The molecule has 0 fully saturated rings. The third-order valence-corrected chi connectivity index (χ3v) is 3.83. The Morgan fingerprint density at radius 1 is 0.926 bits per heavy atom. The summed E-state index contributed by atoms with van der Waals surface area (Å²) in [5, 5.41) is 20.4. The number of amides is 1. The second-order valence-electron chi connectivity index (χ2n) is 5.74. The van der Waals surface area contributed by atoms with Crippen molar-refractivity contribution in [2.45, 2.75) is 0 Å². The molecule has 0 atom stereocenters. The number of nitrogens with one attached hydrogen (secondary N) is 1. The third-order valence-electron chi connectivity index (χ3n) is 3.83. The van der Waals surface area contributed by atoms with Crippen LogP contribution in [0, 0.1) is 0 Å². The molecule has 0 aliphatic rings. The van der Waals surface area contributed by atoms with Gasteiger partial charge in [-0.3, -0.25) is 9.78 Å². The van der Waals surface area contributed by atoms with E-state index in [1.807, 2.05) is 0 Å². The Balaban J connectivity index is 1.50. The summed E-state index contributed by atoms with van der Waals surface area (Å²) in [4.78, 5) is 16.1. The lowest BCUT2D eigenvalue weighted by Crippen LogP contribution is -2.11. The van der Waals surface area contributed by atoms with E-state index in [0.717, 1.165) is 0 Å². The van der Waals surface area contributed by atoms with E-state index in [0.29, 0.717) is 34.2 Å². The molecule has 4 aromatic rings. The molecule has 1 amide bonds. The lowest BCUT2D eigenvalue weighted by atomic mass is 10.2. The molecule has 7 nitrogen and oxygen atoms in total. The van der Waals surface area contributed by atoms with Gasteiger partial charge in [0.05, 0.1) is 5.56 Å². The highest BCUT2D eigenvalue weighted by molar-refractivity contribution is 6.04. The first-order valence-electron chi connectivity index (χ1n) is 8.14. The van der Waals surface area contributed by atoms with Gasteiger partial charge in [0.2, 0.25) is 11.8 Å². The summed E-state index contributed by atoms with van der Waals surface area (Å²) in [6, 6.07) is 17.0. The lowest BCUT2D eigenvalue weighted by molar-refractivity contribution is 0.102. The van der Waals surface area contributed by atoms with E-state index in [-0.39, 0.29) is 11.7 Å². The summed E-state index contributed by atoms with van der Waals surface area (Å²) < 4.78 is 5.67. The molecule has 4 rings (SSSR count). The number of phenols is 1. The molecular formula is C20H14N4O3. The number of aromatic hydroxyl groups is 1. The minimum atomic E-state index is -0.236. The third kappa shape index (κ3) is 3.67. The molecule has 2 aromatic carbocycles. The van der Waals surface area contributed by atoms with Crippen LogP contribution in [0.5, 0.6) is 5.75 Å². The largest absolute Gasteiger partial charge is 0.508 e. The summed E-state index contributed by atoms with van der Waals surface area (Å²) in [5.41, 5.74) is 2.47. The Kier molecular flexibility index (Phi) is 4.32. The first-order valence-corrected chi connectivity index (χ1v) is 8.14. The summed E-state index contributed by atoms with van der Waals surface area (Å²) in [6.45, 7) is 0. The maximum Gasteiger partial charge on any atom is 0.257 e. The van der Waals surface area contributed by atoms with Crippen LogP contribution in [-0.4, -0.2) is 26.2 Å². The predicted octanol–water partition coefficient (Wildman–Crippen LogP) is 3.76. The fourth-order valence-electron chi connectivity index (χ4n) is 2.49. The topological polar surface area (TPSA) is 101 Å². The van der Waals surface area contributed by atoms with E-state index in [2.05, 4.69) is 20.5 Å². The van der Waals surface area contributed by atoms with Gasteiger partial charge in [0.25, 0.3) is 5.91 Å². The number of aromatic nitrogens is 3. The number of anilines is 1. The predicted molar refractivity (Wildman–Crippen MR) is 99.0 cm³/mol. The van der Waals surface area contributed by atoms with E-state index >= 15 is 0 Å². The molecule has 2 N–H and O–H groups in total. The summed E-state index contributed by atoms with van der Waals surface area (Å²) in [7, 11) is 0. The van der Waals surface area contributed by atoms with E-state index in [1.165, 1.54) is 6.20 Å². The van der Waals surface area contributed by atoms with Crippen molar-refractivity contribution >= 4 is 11.6 Å². The maximum absolute atomic E-state index is 12.1. The lowest BCUT2D eigenvalue weighted by Gasteiger charge is -2.05. The van der Waals surface area contributed by atoms with Gasteiger partial charge in [-0.15, -0.1) is 10.2 Å². The molecule has 0 aliphatic heterocycles. The standard InChI is InChI=1S/C20H14N4O3/c25-17-5-1-3-14(11-17)20-24-23-19(27-20)13-6-8-16(9-7-13)22-18(26)15-4-2-10-21-12-15/h1-12,25H,(H,22,26). The van der Waals surface area contributed by atoms with Crippen molar-refractivity contribution < 1.29 is 14.3 Å². The molecule has 0 saturated carbocycles. The van der Waals surface area contributed by atoms with Crippen LogP contribution >= 0.6 is 0 Å². The molecule has 0 radical (unpaired) electrons. The van der Waals surface area contributed by atoms with Crippen LogP contribution in [0.3, 0.4) is 0 Å². The molecule has 0 bridgehead atoms. The molecular weight excluding hydrogens is 344 g/mol. The molecule has 0 aliphatic carbocycles. The number of pyridine rings is 1. The molecule has 0 spiro atoms. The minimum Gasteiger partial charge on any atom is -0.508 e. The quantitative estimate of drug-likeness (QED) is 0.576. The van der Waals surface area contributed by atoms with E-state index in [9.17, 15) is 9.90 Å². The van der Waals surface area contributed by atoms with Gasteiger partial charge in [0.1, 0.15) is 5.75 Å². The van der Waals surface area contributed by atoms with Gasteiger partial charge in [-0.1, -0.05) is 6.07 Å². The second kappa shape index (κ2) is 7.09. The summed E-state index contributed by atoms with van der Waals surface area (Å²) >= 11 is 0. The van der Waals surface area contributed by atoms with Gasteiger partial charge in [0, 0.05) is 29.2 Å². The normalized spacial score (nSPS) is 10.5. The number of benzene rings is 2. The van der Waals surface area contributed by atoms with Crippen molar-refractivity contribution in [3.63, 3.8) is 0 Å². The highest BCUT2D eigenvalue weighted by Gasteiger charge is 2.11. The highest BCUT2D eigenvalue weighted by atomic mass is 16.4. The van der Waals surface area contributed by atoms with Crippen LogP contribution in [0.4, 0.5) is 5.69 Å². The van der Waals surface area contributed by atoms with Crippen molar-refractivity contribution in [3.05, 3.63) is 78.6 Å². The zero-order valence-corrected chi connectivity index (χ0v) is 14.0. The van der Waals surface area contributed by atoms with Crippen LogP contribution in [-0.2, 0) is 0 Å². The van der Waals surface area contributed by atoms with Crippen molar-refractivity contribution in [2.75, 3.05) is 5.32 Å². The molecule has 132 valence electrons. The van der Waals surface area contributed by atoms with Crippen LogP contribution in [0.25, 0.3) is 22.9 Å². The molecule has 27 heavy (non-hydrogen) atoms. The number of carbonyl (C=O) groups excluding carboxylic acids is 1. The van der Waals surface area contributed by atoms with Crippen molar-refractivity contribution in [2.24, 2.45) is 0 Å². The minimum absolute atomic E-state index is 0.126. The van der Waals surface area contributed by atoms with Crippen molar-refractivity contribution in [1.29, 1.82) is 0 Å². The summed E-state index contributed by atoms with van der Waals surface area (Å²) in [6.07, 6.45) is 3.12. The maximum atomic E-state index is 12.1. The fraction of sp³-hybridized carbons (Fsp3) is 0. The zero-order chi connectivity index (χ0) is 18.6. The number of phenolic OH excluding ortho intramolecular Hbond substituents is 1. The number of nitrogens with zero attached hydrogens (tertiary/aromatic N) is 3. The SMILES string of the molecule is O=C(Nc1ccc(-c2nnc(-c3cccc(O)c3)o2)cc1)c1cccnc1. The Hall–Kier alpha value is -4.00. The molecule has 7 heteroatoms. The Bertz CT molecular complexity index is 1080. The van der Waals surface area contributed by atoms with E-state index in [1.54, 1.807) is 66.9 Å². The van der Waals surface area contributed by atoms with Crippen LogP contribution in [0.2, 0.25) is 0 Å². The first-order chi connectivity index (χ1) is 13.2. The van der Waals surface area contributed by atoms with Crippen LogP contribution in [0.15, 0.2) is 77.5 Å². The number of rotatable bonds is 4. The van der Waals surface area contributed by atoms with Gasteiger partial charge in [0.15, 0.2) is 0 Å². The number of carbonyl (C=O) groups is 1. The van der Waals surface area contributed by atoms with Gasteiger partial charge < -0.3 is 14.8 Å². The van der Waals surface area contributed by atoms with Crippen LogP contribution < -0.4 is 5.32 Å². The van der Waals surface area contributed by atoms with Crippen molar-refractivity contribution in [1.82, 2.24) is 15.2 Å². The average Bonchev–Trinajstić information content (AvgIpc) is 3.19. The smallest absolute Gasteiger partial charge is 0.257 e. The van der Waals surface area contributed by atoms with Crippen molar-refractivity contribution in [3.8, 4) is 28.7 Å². The summed E-state index contributed by atoms with van der Waals surface area (Å²) in [5.74, 6) is 0.550.